The number of rotatable bonds is 2. The van der Waals surface area contributed by atoms with Gasteiger partial charge in [-0.15, -0.1) is 4.99 Å². The number of hydrogen-bond acceptors (Lipinski definition) is 3. The molecule has 0 atom stereocenters. The van der Waals surface area contributed by atoms with E-state index in [1.807, 2.05) is 0 Å². The molecule has 2 rings (SSSR count). The Morgan fingerprint density at radius 2 is 2.25 bits per heavy atom. The molecule has 1 aromatic carbocycles. The number of aryl methyl sites for hydroxylation is 1. The van der Waals surface area contributed by atoms with E-state index in [0.717, 1.165) is 0 Å². The highest BCUT2D eigenvalue weighted by atomic mass is 19.1. The highest BCUT2D eigenvalue weighted by Crippen LogP contribution is 2.23. The zero-order valence-corrected chi connectivity index (χ0v) is 8.51. The summed E-state index contributed by atoms with van der Waals surface area (Å²) in [5, 5.41) is 3.97. The van der Waals surface area contributed by atoms with E-state index in [9.17, 15) is 9.18 Å². The molecule has 1 heterocycles. The molecule has 1 aromatic heterocycles. The van der Waals surface area contributed by atoms with Crippen LogP contribution in [0.25, 0.3) is 11.3 Å². The van der Waals surface area contributed by atoms with Crippen LogP contribution in [-0.4, -0.2) is 15.9 Å². The number of nitrogens with zero attached hydrogens (tertiary/aromatic N) is 3. The van der Waals surface area contributed by atoms with Gasteiger partial charge in [-0.25, -0.2) is 9.18 Å². The molecule has 0 spiro atoms. The monoisotopic (exact) mass is 217 g/mol. The molecule has 0 aliphatic carbocycles. The Morgan fingerprint density at radius 3 is 2.94 bits per heavy atom. The van der Waals surface area contributed by atoms with Gasteiger partial charge in [0, 0.05) is 18.7 Å². The molecular weight excluding hydrogens is 209 g/mol. The zero-order valence-electron chi connectivity index (χ0n) is 8.51. The first-order valence-corrected chi connectivity index (χ1v) is 4.58. The fraction of sp³-hybridized carbons (Fsp3) is 0.0909. The van der Waals surface area contributed by atoms with Crippen LogP contribution in [0.15, 0.2) is 35.3 Å². The molecule has 0 radical (unpaired) electrons. The molecule has 5 heteroatoms. The smallest absolute Gasteiger partial charge is 0.242 e. The lowest BCUT2D eigenvalue weighted by Gasteiger charge is -2.00. The van der Waals surface area contributed by atoms with E-state index in [-0.39, 0.29) is 11.6 Å². The van der Waals surface area contributed by atoms with Gasteiger partial charge in [-0.1, -0.05) is 12.1 Å². The highest BCUT2D eigenvalue weighted by Gasteiger charge is 2.07. The Labute approximate surface area is 91.0 Å². The molecule has 0 amide bonds. The second kappa shape index (κ2) is 4.08. The van der Waals surface area contributed by atoms with Crippen molar-refractivity contribution in [3.8, 4) is 11.3 Å². The van der Waals surface area contributed by atoms with E-state index in [0.29, 0.717) is 11.3 Å². The molecule has 16 heavy (non-hydrogen) atoms. The number of aliphatic imine (C=N–C) groups is 1. The number of benzene rings is 1. The van der Waals surface area contributed by atoms with Gasteiger partial charge in [-0.2, -0.15) is 5.10 Å². The lowest BCUT2D eigenvalue weighted by atomic mass is 10.1. The molecule has 2 aromatic rings. The normalized spacial score (nSPS) is 9.88. The molecule has 80 valence electrons. The van der Waals surface area contributed by atoms with Crippen LogP contribution < -0.4 is 0 Å². The standard InChI is InChI=1S/C11H8FN3O/c1-15-10(6-11(14-15)13-7-16)8-3-2-4-9(12)5-8/h2-6H,1H3. The highest BCUT2D eigenvalue weighted by molar-refractivity contribution is 5.63. The van der Waals surface area contributed by atoms with Crippen LogP contribution in [0.1, 0.15) is 0 Å². The minimum atomic E-state index is -0.320. The van der Waals surface area contributed by atoms with Crippen molar-refractivity contribution in [1.29, 1.82) is 0 Å². The summed E-state index contributed by atoms with van der Waals surface area (Å²) < 4.78 is 14.6. The maximum atomic E-state index is 13.0. The average Bonchev–Trinajstić information content (AvgIpc) is 2.60. The van der Waals surface area contributed by atoms with Crippen molar-refractivity contribution in [1.82, 2.24) is 9.78 Å². The number of aromatic nitrogens is 2. The quantitative estimate of drug-likeness (QED) is 0.571. The average molecular weight is 217 g/mol. The van der Waals surface area contributed by atoms with Crippen LogP contribution in [0.4, 0.5) is 10.2 Å². The molecule has 0 aliphatic rings. The van der Waals surface area contributed by atoms with Gasteiger partial charge in [0.1, 0.15) is 5.82 Å². The number of halogens is 1. The summed E-state index contributed by atoms with van der Waals surface area (Å²) in [6.07, 6.45) is 1.41. The van der Waals surface area contributed by atoms with Crippen LogP contribution in [0.2, 0.25) is 0 Å². The molecule has 0 fully saturated rings. The third kappa shape index (κ3) is 1.89. The molecule has 0 bridgehead atoms. The predicted molar refractivity (Wildman–Crippen MR) is 56.4 cm³/mol. The second-order valence-electron chi connectivity index (χ2n) is 3.22. The van der Waals surface area contributed by atoms with Gasteiger partial charge in [0.15, 0.2) is 5.82 Å². The van der Waals surface area contributed by atoms with Gasteiger partial charge >= 0.3 is 0 Å². The van der Waals surface area contributed by atoms with Crippen LogP contribution in [0, 0.1) is 5.82 Å². The maximum absolute atomic E-state index is 13.0. The van der Waals surface area contributed by atoms with Gasteiger partial charge in [0.05, 0.1) is 5.69 Å². The minimum Gasteiger partial charge on any atom is -0.266 e. The van der Waals surface area contributed by atoms with E-state index in [1.54, 1.807) is 25.2 Å². The number of isocyanates is 1. The van der Waals surface area contributed by atoms with Crippen LogP contribution in [-0.2, 0) is 11.8 Å². The third-order valence-electron chi connectivity index (χ3n) is 2.15. The first kappa shape index (κ1) is 10.3. The zero-order chi connectivity index (χ0) is 11.5. The summed E-state index contributed by atoms with van der Waals surface area (Å²) in [6, 6.07) is 7.73. The Hall–Kier alpha value is -2.26. The van der Waals surface area contributed by atoms with E-state index >= 15 is 0 Å². The minimum absolute atomic E-state index is 0.261. The van der Waals surface area contributed by atoms with Crippen LogP contribution in [0.5, 0.6) is 0 Å². The molecule has 0 aliphatic heterocycles. The second-order valence-corrected chi connectivity index (χ2v) is 3.22. The predicted octanol–water partition coefficient (Wildman–Crippen LogP) is 2.19. The molecule has 0 N–H and O–H groups in total. The lowest BCUT2D eigenvalue weighted by molar-refractivity contribution is 0.565. The van der Waals surface area contributed by atoms with E-state index < -0.39 is 0 Å². The molecule has 0 unspecified atom stereocenters. The number of hydrogen-bond donors (Lipinski definition) is 0. The SMILES string of the molecule is Cn1nc(N=C=O)cc1-c1cccc(F)c1. The molecule has 0 saturated heterocycles. The van der Waals surface area contributed by atoms with Crippen molar-refractivity contribution in [2.45, 2.75) is 0 Å². The summed E-state index contributed by atoms with van der Waals surface area (Å²) in [5.41, 5.74) is 1.37. The Kier molecular flexibility index (Phi) is 2.62. The third-order valence-corrected chi connectivity index (χ3v) is 2.15. The van der Waals surface area contributed by atoms with Gasteiger partial charge in [-0.05, 0) is 12.1 Å². The van der Waals surface area contributed by atoms with Gasteiger partial charge in [0.2, 0.25) is 6.08 Å². The largest absolute Gasteiger partial charge is 0.266 e. The lowest BCUT2D eigenvalue weighted by Crippen LogP contribution is -1.93. The first-order valence-electron chi connectivity index (χ1n) is 4.58. The van der Waals surface area contributed by atoms with Crippen molar-refractivity contribution >= 4 is 11.9 Å². The molecule has 4 nitrogen and oxygen atoms in total. The van der Waals surface area contributed by atoms with E-state index in [2.05, 4.69) is 10.1 Å². The fourth-order valence-electron chi connectivity index (χ4n) is 1.47. The first-order chi connectivity index (χ1) is 7.70. The van der Waals surface area contributed by atoms with Gasteiger partial charge < -0.3 is 0 Å². The summed E-state index contributed by atoms with van der Waals surface area (Å²) in [5.74, 6) is -0.0594. The summed E-state index contributed by atoms with van der Waals surface area (Å²) >= 11 is 0. The Balaban J connectivity index is 2.51. The molecular formula is C11H8FN3O. The van der Waals surface area contributed by atoms with Crippen LogP contribution in [0.3, 0.4) is 0 Å². The van der Waals surface area contributed by atoms with Gasteiger partial charge in [0.25, 0.3) is 0 Å². The van der Waals surface area contributed by atoms with Crippen molar-refractivity contribution < 1.29 is 9.18 Å². The summed E-state index contributed by atoms with van der Waals surface area (Å²) in [6.45, 7) is 0. The fourth-order valence-corrected chi connectivity index (χ4v) is 1.47. The number of carbonyl (C=O) groups excluding carboxylic acids is 1. The summed E-state index contributed by atoms with van der Waals surface area (Å²) in [4.78, 5) is 13.5. The van der Waals surface area contributed by atoms with Crippen LogP contribution >= 0.6 is 0 Å². The van der Waals surface area contributed by atoms with Crippen molar-refractivity contribution in [3.63, 3.8) is 0 Å². The summed E-state index contributed by atoms with van der Waals surface area (Å²) in [7, 11) is 1.70. The van der Waals surface area contributed by atoms with E-state index in [4.69, 9.17) is 0 Å². The Morgan fingerprint density at radius 1 is 1.44 bits per heavy atom. The van der Waals surface area contributed by atoms with Crippen molar-refractivity contribution in [3.05, 3.63) is 36.1 Å². The Bertz CT molecular complexity index is 570. The van der Waals surface area contributed by atoms with E-state index in [1.165, 1.54) is 22.9 Å². The van der Waals surface area contributed by atoms with Crippen molar-refractivity contribution in [2.75, 3.05) is 0 Å². The van der Waals surface area contributed by atoms with Crippen molar-refractivity contribution in [2.24, 2.45) is 12.0 Å². The molecule has 0 saturated carbocycles. The topological polar surface area (TPSA) is 47.2 Å². The maximum Gasteiger partial charge on any atom is 0.242 e. The van der Waals surface area contributed by atoms with Gasteiger partial charge in [-0.3, -0.25) is 4.68 Å².